The minimum absolute atomic E-state index is 0.00387. The normalized spacial score (nSPS) is 20.9. The van der Waals surface area contributed by atoms with Crippen LogP contribution < -0.4 is 20.7 Å². The van der Waals surface area contributed by atoms with Gasteiger partial charge < -0.3 is 25.6 Å². The van der Waals surface area contributed by atoms with Gasteiger partial charge in [-0.3, -0.25) is 14.6 Å². The molecule has 4 aromatic rings. The van der Waals surface area contributed by atoms with E-state index in [1.54, 1.807) is 12.1 Å². The molecule has 13 nitrogen and oxygen atoms in total. The van der Waals surface area contributed by atoms with Crippen LogP contribution in [-0.4, -0.2) is 146 Å². The minimum atomic E-state index is -6.06. The van der Waals surface area contributed by atoms with Crippen LogP contribution in [0.5, 0.6) is 0 Å². The fraction of sp³-hybridized carbons (Fsp3) is 0.481. The summed E-state index contributed by atoms with van der Waals surface area (Å²) in [4.78, 5) is 21.7. The number of nitrogens with two attached hydrogens (primary N) is 1. The summed E-state index contributed by atoms with van der Waals surface area (Å²) >= 11 is 7.74. The standard InChI is InChI=1S/C52H65ClF3N7O6S3/c1-51(37-62-22-18-42(57)19-23-62)21-17-47(38-7-11-41(53)12-8-38)40(34-51)35-61-25-27-63(28-26-61)44-13-9-39(10-14-44)50(64)59-72(67,68)46-15-16-48(49(33-46)71(65,66)52(54,55)56)58-43(20-24-60-29-31-69-32-30-60)36-70-45-5-3-2-4-6-45/h2-16,33,42-43,58H,17-32,34-37,57H2,1H3,(H,59,64)/t43-,51?/m1/s1. The highest BCUT2D eigenvalue weighted by Gasteiger charge is 2.48. The van der Waals surface area contributed by atoms with E-state index in [0.29, 0.717) is 56.1 Å². The van der Waals surface area contributed by atoms with E-state index >= 15 is 0 Å². The Morgan fingerprint density at radius 3 is 2.21 bits per heavy atom. The van der Waals surface area contributed by atoms with E-state index in [4.69, 9.17) is 22.1 Å². The Morgan fingerprint density at radius 2 is 1.54 bits per heavy atom. The second kappa shape index (κ2) is 23.6. The van der Waals surface area contributed by atoms with Gasteiger partial charge in [0.05, 0.1) is 23.8 Å². The maximum Gasteiger partial charge on any atom is 0.501 e. The number of anilines is 2. The maximum atomic E-state index is 14.2. The third kappa shape index (κ3) is 13.9. The monoisotopic (exact) mass is 1070 g/mol. The van der Waals surface area contributed by atoms with Crippen LogP contribution in [0.4, 0.5) is 24.5 Å². The lowest BCUT2D eigenvalue weighted by Crippen LogP contribution is -2.48. The summed E-state index contributed by atoms with van der Waals surface area (Å²) in [5.74, 6) is -0.658. The van der Waals surface area contributed by atoms with E-state index in [1.807, 2.05) is 47.2 Å². The second-order valence-corrected chi connectivity index (χ2v) is 24.9. The first-order chi connectivity index (χ1) is 34.3. The van der Waals surface area contributed by atoms with Crippen LogP contribution in [0, 0.1) is 5.41 Å². The molecule has 0 aromatic heterocycles. The number of carbonyl (C=O) groups excluding carboxylic acids is 1. The van der Waals surface area contributed by atoms with Gasteiger partial charge in [-0.25, -0.2) is 21.6 Å². The zero-order valence-corrected chi connectivity index (χ0v) is 43.8. The first kappa shape index (κ1) is 54.1. The number of benzene rings is 4. The lowest BCUT2D eigenvalue weighted by molar-refractivity contribution is -0.0435. The summed E-state index contributed by atoms with van der Waals surface area (Å²) in [7, 11) is -10.9. The molecule has 0 saturated carbocycles. The smallest absolute Gasteiger partial charge is 0.380 e. The molecule has 4 aromatic carbocycles. The van der Waals surface area contributed by atoms with Gasteiger partial charge in [-0.1, -0.05) is 54.4 Å². The van der Waals surface area contributed by atoms with Gasteiger partial charge >= 0.3 is 5.51 Å². The molecule has 20 heteroatoms. The van der Waals surface area contributed by atoms with Crippen molar-refractivity contribution in [2.45, 2.75) is 77.7 Å². The van der Waals surface area contributed by atoms with E-state index in [9.17, 15) is 34.8 Å². The highest BCUT2D eigenvalue weighted by atomic mass is 35.5. The quantitative estimate of drug-likeness (QED) is 0.0820. The molecule has 1 aliphatic carbocycles. The molecule has 72 heavy (non-hydrogen) atoms. The number of nitrogens with zero attached hydrogens (tertiary/aromatic N) is 4. The van der Waals surface area contributed by atoms with Gasteiger partial charge in [0.1, 0.15) is 4.90 Å². The van der Waals surface area contributed by atoms with Gasteiger partial charge in [-0.05, 0) is 135 Å². The first-order valence-corrected chi connectivity index (χ1v) is 29.0. The molecule has 0 spiro atoms. The third-order valence-electron chi connectivity index (χ3n) is 14.3. The van der Waals surface area contributed by atoms with E-state index in [2.05, 4.69) is 44.0 Å². The lowest BCUT2D eigenvalue weighted by Gasteiger charge is -2.43. The fourth-order valence-electron chi connectivity index (χ4n) is 10.2. The molecule has 4 aliphatic rings. The van der Waals surface area contributed by atoms with Crippen molar-refractivity contribution in [1.29, 1.82) is 0 Å². The van der Waals surface area contributed by atoms with Crippen LogP contribution in [0.3, 0.4) is 0 Å². The van der Waals surface area contributed by atoms with Gasteiger partial charge in [-0.15, -0.1) is 11.8 Å². The molecule has 8 rings (SSSR count). The molecule has 0 radical (unpaired) electrons. The molecule has 4 N–H and O–H groups in total. The Bertz CT molecular complexity index is 2730. The summed E-state index contributed by atoms with van der Waals surface area (Å²) in [5, 5.41) is 3.71. The molecule has 3 saturated heterocycles. The van der Waals surface area contributed by atoms with Gasteiger partial charge in [0.25, 0.3) is 25.8 Å². The number of morpholine rings is 1. The summed E-state index contributed by atoms with van der Waals surface area (Å²) in [5.41, 5.74) is 5.15. The minimum Gasteiger partial charge on any atom is -0.380 e. The number of allylic oxidation sites excluding steroid dienone is 1. The van der Waals surface area contributed by atoms with E-state index in [1.165, 1.54) is 40.6 Å². The van der Waals surface area contributed by atoms with Gasteiger partial charge in [0.15, 0.2) is 0 Å². The first-order valence-electron chi connectivity index (χ1n) is 24.6. The van der Waals surface area contributed by atoms with Crippen molar-refractivity contribution in [3.05, 3.63) is 119 Å². The average molecular weight is 1070 g/mol. The van der Waals surface area contributed by atoms with Crippen LogP contribution in [0.15, 0.2) is 117 Å². The number of halogens is 4. The highest BCUT2D eigenvalue weighted by molar-refractivity contribution is 7.99. The van der Waals surface area contributed by atoms with Crippen LogP contribution in [0.1, 0.15) is 61.4 Å². The number of hydrogen-bond acceptors (Lipinski definition) is 13. The van der Waals surface area contributed by atoms with Gasteiger partial charge in [0, 0.05) is 97.9 Å². The van der Waals surface area contributed by atoms with Gasteiger partial charge in [0.2, 0.25) is 0 Å². The highest BCUT2D eigenvalue weighted by Crippen LogP contribution is 2.44. The van der Waals surface area contributed by atoms with E-state index < -0.39 is 52.8 Å². The van der Waals surface area contributed by atoms with Crippen molar-refractivity contribution in [3.8, 4) is 0 Å². The zero-order valence-electron chi connectivity index (χ0n) is 40.6. The second-order valence-electron chi connectivity index (χ2n) is 19.7. The summed E-state index contributed by atoms with van der Waals surface area (Å²) < 4.78 is 104. The van der Waals surface area contributed by atoms with E-state index in [-0.39, 0.29) is 17.0 Å². The number of piperazine rings is 1. The van der Waals surface area contributed by atoms with Crippen LogP contribution in [0.25, 0.3) is 5.57 Å². The lowest BCUT2D eigenvalue weighted by atomic mass is 9.71. The summed E-state index contributed by atoms with van der Waals surface area (Å²) in [6.45, 7) is 12.5. The molecular formula is C52H65ClF3N7O6S3. The fourth-order valence-corrected chi connectivity index (χ4v) is 13.3. The van der Waals surface area contributed by atoms with Crippen molar-refractivity contribution in [2.24, 2.45) is 11.1 Å². The zero-order chi connectivity index (χ0) is 51.1. The largest absolute Gasteiger partial charge is 0.501 e. The molecule has 2 atom stereocenters. The average Bonchev–Trinajstić information content (AvgIpc) is 3.36. The number of nitrogens with one attached hydrogen (secondary N) is 2. The number of piperidine rings is 1. The van der Waals surface area contributed by atoms with Crippen molar-refractivity contribution < 1.29 is 39.5 Å². The number of alkyl halides is 3. The molecule has 3 fully saturated rings. The van der Waals surface area contributed by atoms with E-state index in [0.717, 1.165) is 107 Å². The Kier molecular flexibility index (Phi) is 17.7. The molecule has 390 valence electrons. The van der Waals surface area contributed by atoms with Crippen molar-refractivity contribution in [3.63, 3.8) is 0 Å². The molecule has 0 bridgehead atoms. The number of thioether (sulfide) groups is 1. The number of sulfone groups is 1. The SMILES string of the molecule is CC1(CN2CCC(N)CC2)CCC(c2ccc(Cl)cc2)=C(CN2CCN(c3ccc(C(=O)NS(=O)(=O)c4ccc(N[C@H](CCN5CCOCC5)CSc5ccccc5)c(S(=O)(=O)C(F)(F)F)c4)cc3)CC2)C1. The van der Waals surface area contributed by atoms with Crippen LogP contribution >= 0.6 is 23.4 Å². The number of sulfonamides is 1. The number of carbonyl (C=O) groups is 1. The summed E-state index contributed by atoms with van der Waals surface area (Å²) in [6, 6.07) is 26.2. The maximum absolute atomic E-state index is 14.2. The molecule has 1 unspecified atom stereocenters. The number of rotatable bonds is 18. The van der Waals surface area contributed by atoms with Crippen LogP contribution in [-0.2, 0) is 24.6 Å². The number of amides is 1. The predicted octanol–water partition coefficient (Wildman–Crippen LogP) is 8.24. The van der Waals surface area contributed by atoms with Crippen molar-refractivity contribution >= 4 is 66.1 Å². The Labute approximate surface area is 431 Å². The number of ether oxygens (including phenoxy) is 1. The molecule has 1 amide bonds. The molecular weight excluding hydrogens is 1010 g/mol. The summed E-state index contributed by atoms with van der Waals surface area (Å²) in [6.07, 6.45) is 5.62. The van der Waals surface area contributed by atoms with Crippen molar-refractivity contribution in [2.75, 3.05) is 101 Å². The predicted molar refractivity (Wildman–Crippen MR) is 280 cm³/mol. The Hall–Kier alpha value is -4.18. The Morgan fingerprint density at radius 1 is 0.861 bits per heavy atom. The molecule has 3 aliphatic heterocycles. The third-order valence-corrected chi connectivity index (χ3v) is 18.6. The number of hydrogen-bond donors (Lipinski definition) is 3. The molecule has 3 heterocycles. The Balaban J connectivity index is 0.918. The van der Waals surface area contributed by atoms with Crippen LogP contribution in [0.2, 0.25) is 5.02 Å². The van der Waals surface area contributed by atoms with Crippen molar-refractivity contribution in [1.82, 2.24) is 19.4 Å². The topological polar surface area (TPSA) is 158 Å². The number of likely N-dealkylation sites (tertiary alicyclic amines) is 1. The van der Waals surface area contributed by atoms with Gasteiger partial charge in [-0.2, -0.15) is 13.2 Å².